The van der Waals surface area contributed by atoms with Crippen LogP contribution in [-0.2, 0) is 4.79 Å². The number of benzene rings is 1. The molecule has 7 heteroatoms. The Labute approximate surface area is 141 Å². The van der Waals surface area contributed by atoms with Gasteiger partial charge in [0.15, 0.2) is 0 Å². The third kappa shape index (κ3) is 4.87. The maximum absolute atomic E-state index is 12.1. The highest BCUT2D eigenvalue weighted by Gasteiger charge is 2.25. The molecule has 4 N–H and O–H groups in total. The lowest BCUT2D eigenvalue weighted by Gasteiger charge is -2.16. The van der Waals surface area contributed by atoms with Crippen LogP contribution in [0.1, 0.15) is 37.0 Å². The molecule has 0 bridgehead atoms. The Hall–Kier alpha value is -1.30. The van der Waals surface area contributed by atoms with Crippen LogP contribution < -0.4 is 16.4 Å². The van der Waals surface area contributed by atoms with E-state index in [-0.39, 0.29) is 42.2 Å². The summed E-state index contributed by atoms with van der Waals surface area (Å²) >= 11 is 6.05. The SMILES string of the molecule is CC(N)C(C)C(=O)Nc1ccc(Cl)c(C(=O)NC2CC2)c1.Cl. The van der Waals surface area contributed by atoms with E-state index in [2.05, 4.69) is 10.6 Å². The molecular weight excluding hydrogens is 325 g/mol. The first-order chi connectivity index (χ1) is 9.88. The fourth-order valence-electron chi connectivity index (χ4n) is 1.76. The van der Waals surface area contributed by atoms with Crippen LogP contribution in [0, 0.1) is 5.92 Å². The van der Waals surface area contributed by atoms with Crippen molar-refractivity contribution in [2.75, 3.05) is 5.32 Å². The Morgan fingerprint density at radius 1 is 1.32 bits per heavy atom. The Morgan fingerprint density at radius 3 is 2.50 bits per heavy atom. The number of halogens is 2. The minimum absolute atomic E-state index is 0. The van der Waals surface area contributed by atoms with Crippen molar-refractivity contribution in [1.82, 2.24) is 5.32 Å². The molecule has 5 nitrogen and oxygen atoms in total. The largest absolute Gasteiger partial charge is 0.349 e. The Morgan fingerprint density at radius 2 is 1.95 bits per heavy atom. The second kappa shape index (κ2) is 7.81. The van der Waals surface area contributed by atoms with Crippen molar-refractivity contribution in [3.05, 3.63) is 28.8 Å². The van der Waals surface area contributed by atoms with Crippen LogP contribution in [-0.4, -0.2) is 23.9 Å². The number of hydrogen-bond donors (Lipinski definition) is 3. The highest BCUT2D eigenvalue weighted by molar-refractivity contribution is 6.34. The van der Waals surface area contributed by atoms with Crippen molar-refractivity contribution in [3.63, 3.8) is 0 Å². The first-order valence-corrected chi connectivity index (χ1v) is 7.43. The van der Waals surface area contributed by atoms with Crippen LogP contribution in [0.2, 0.25) is 5.02 Å². The van der Waals surface area contributed by atoms with Crippen LogP contribution in [0.3, 0.4) is 0 Å². The predicted molar refractivity (Wildman–Crippen MR) is 90.6 cm³/mol. The van der Waals surface area contributed by atoms with Crippen molar-refractivity contribution < 1.29 is 9.59 Å². The number of anilines is 1. The Balaban J connectivity index is 0.00000242. The van der Waals surface area contributed by atoms with Gasteiger partial charge in [0.1, 0.15) is 0 Å². The maximum atomic E-state index is 12.1. The molecule has 2 amide bonds. The summed E-state index contributed by atoms with van der Waals surface area (Å²) in [6.45, 7) is 3.54. The molecule has 122 valence electrons. The molecule has 22 heavy (non-hydrogen) atoms. The van der Waals surface area contributed by atoms with Crippen LogP contribution in [0.4, 0.5) is 5.69 Å². The van der Waals surface area contributed by atoms with Gasteiger partial charge in [-0.3, -0.25) is 9.59 Å². The summed E-state index contributed by atoms with van der Waals surface area (Å²) in [4.78, 5) is 24.1. The molecule has 2 unspecified atom stereocenters. The number of nitrogens with two attached hydrogens (primary N) is 1. The van der Waals surface area contributed by atoms with E-state index in [1.165, 1.54) is 0 Å². The molecule has 0 heterocycles. The quantitative estimate of drug-likeness (QED) is 0.766. The van der Waals surface area contributed by atoms with Crippen molar-refractivity contribution >= 4 is 41.5 Å². The van der Waals surface area contributed by atoms with Gasteiger partial charge in [-0.1, -0.05) is 18.5 Å². The van der Waals surface area contributed by atoms with Gasteiger partial charge < -0.3 is 16.4 Å². The first kappa shape index (κ1) is 18.7. The zero-order chi connectivity index (χ0) is 15.6. The van der Waals surface area contributed by atoms with Crippen molar-refractivity contribution in [1.29, 1.82) is 0 Å². The van der Waals surface area contributed by atoms with Gasteiger partial charge in [-0.15, -0.1) is 12.4 Å². The Kier molecular flexibility index (Phi) is 6.66. The van der Waals surface area contributed by atoms with Gasteiger partial charge in [-0.05, 0) is 38.0 Å². The van der Waals surface area contributed by atoms with Gasteiger partial charge in [0.25, 0.3) is 5.91 Å². The van der Waals surface area contributed by atoms with Gasteiger partial charge in [0.05, 0.1) is 16.5 Å². The monoisotopic (exact) mass is 345 g/mol. The van der Waals surface area contributed by atoms with Crippen molar-refractivity contribution in [2.45, 2.75) is 38.8 Å². The number of carbonyl (C=O) groups is 2. The summed E-state index contributed by atoms with van der Waals surface area (Å²) in [6, 6.07) is 4.88. The summed E-state index contributed by atoms with van der Waals surface area (Å²) < 4.78 is 0. The first-order valence-electron chi connectivity index (χ1n) is 7.05. The van der Waals surface area contributed by atoms with E-state index < -0.39 is 0 Å². The lowest BCUT2D eigenvalue weighted by molar-refractivity contribution is -0.119. The van der Waals surface area contributed by atoms with E-state index in [1.54, 1.807) is 32.0 Å². The highest BCUT2D eigenvalue weighted by Crippen LogP contribution is 2.24. The fourth-order valence-corrected chi connectivity index (χ4v) is 1.97. The number of hydrogen-bond acceptors (Lipinski definition) is 3. The molecular formula is C15H21Cl2N3O2. The number of rotatable bonds is 5. The van der Waals surface area contributed by atoms with Crippen LogP contribution in [0.25, 0.3) is 0 Å². The summed E-state index contributed by atoms with van der Waals surface area (Å²) in [5, 5.41) is 6.00. The molecule has 2 rings (SSSR count). The summed E-state index contributed by atoms with van der Waals surface area (Å²) in [7, 11) is 0. The van der Waals surface area contributed by atoms with E-state index in [0.29, 0.717) is 16.3 Å². The van der Waals surface area contributed by atoms with Gasteiger partial charge in [-0.25, -0.2) is 0 Å². The zero-order valence-corrected chi connectivity index (χ0v) is 14.1. The highest BCUT2D eigenvalue weighted by atomic mass is 35.5. The summed E-state index contributed by atoms with van der Waals surface area (Å²) in [5.41, 5.74) is 6.62. The second-order valence-corrected chi connectivity index (χ2v) is 5.99. The van der Waals surface area contributed by atoms with Crippen LogP contribution >= 0.6 is 24.0 Å². The molecule has 1 fully saturated rings. The normalized spacial score (nSPS) is 16.2. The van der Waals surface area contributed by atoms with E-state index in [9.17, 15) is 9.59 Å². The maximum Gasteiger partial charge on any atom is 0.253 e. The number of amides is 2. The Bertz CT molecular complexity index is 560. The van der Waals surface area contributed by atoms with E-state index in [1.807, 2.05) is 0 Å². The fraction of sp³-hybridized carbons (Fsp3) is 0.467. The molecule has 1 saturated carbocycles. The molecule has 1 aliphatic carbocycles. The molecule has 1 aromatic rings. The van der Waals surface area contributed by atoms with Crippen LogP contribution in [0.15, 0.2) is 18.2 Å². The minimum atomic E-state index is -0.315. The third-order valence-corrected chi connectivity index (χ3v) is 3.92. The minimum Gasteiger partial charge on any atom is -0.349 e. The third-order valence-electron chi connectivity index (χ3n) is 3.59. The molecule has 1 aromatic carbocycles. The zero-order valence-electron chi connectivity index (χ0n) is 12.6. The molecule has 0 radical (unpaired) electrons. The molecule has 0 saturated heterocycles. The average Bonchev–Trinajstić information content (AvgIpc) is 3.23. The van der Waals surface area contributed by atoms with Crippen LogP contribution in [0.5, 0.6) is 0 Å². The standard InChI is InChI=1S/C15H20ClN3O2.ClH/c1-8(9(2)17)14(20)19-11-5-6-13(16)12(7-11)15(21)18-10-3-4-10;/h5-10H,3-4,17H2,1-2H3,(H,18,21)(H,19,20);1H. The number of carbonyl (C=O) groups excluding carboxylic acids is 2. The smallest absolute Gasteiger partial charge is 0.253 e. The molecule has 2 atom stereocenters. The van der Waals surface area contributed by atoms with E-state index >= 15 is 0 Å². The van der Waals surface area contributed by atoms with E-state index in [0.717, 1.165) is 12.8 Å². The van der Waals surface area contributed by atoms with Gasteiger partial charge in [-0.2, -0.15) is 0 Å². The van der Waals surface area contributed by atoms with Crippen molar-refractivity contribution in [2.24, 2.45) is 11.7 Å². The topological polar surface area (TPSA) is 84.2 Å². The number of nitrogens with one attached hydrogen (secondary N) is 2. The molecule has 0 aliphatic heterocycles. The molecule has 0 aromatic heterocycles. The van der Waals surface area contributed by atoms with Gasteiger partial charge in [0.2, 0.25) is 5.91 Å². The second-order valence-electron chi connectivity index (χ2n) is 5.58. The summed E-state index contributed by atoms with van der Waals surface area (Å²) in [5.74, 6) is -0.705. The summed E-state index contributed by atoms with van der Waals surface area (Å²) in [6.07, 6.45) is 2.01. The van der Waals surface area contributed by atoms with Crippen molar-refractivity contribution in [3.8, 4) is 0 Å². The molecule has 1 aliphatic rings. The van der Waals surface area contributed by atoms with Gasteiger partial charge >= 0.3 is 0 Å². The van der Waals surface area contributed by atoms with Gasteiger partial charge in [0, 0.05) is 17.8 Å². The predicted octanol–water partition coefficient (Wildman–Crippen LogP) is 2.58. The molecule has 0 spiro atoms. The lowest BCUT2D eigenvalue weighted by atomic mass is 10.0. The van der Waals surface area contributed by atoms with E-state index in [4.69, 9.17) is 17.3 Å². The average molecular weight is 346 g/mol. The lowest BCUT2D eigenvalue weighted by Crippen LogP contribution is -2.34.